The van der Waals surface area contributed by atoms with Crippen molar-refractivity contribution in [3.63, 3.8) is 0 Å². The minimum absolute atomic E-state index is 0.151. The first-order valence-electron chi connectivity index (χ1n) is 7.64. The van der Waals surface area contributed by atoms with Crippen molar-refractivity contribution < 1.29 is 9.21 Å². The standard InChI is InChI=1S/C17H12ClN5O2S/c18-11-4-1-2-5-12(11)19-16(24)10-26-17-21-20-15-8-7-13(22-23(15)17)14-6-3-9-25-14/h1-9H,10H2,(H,19,24). The highest BCUT2D eigenvalue weighted by atomic mass is 35.5. The molecule has 0 aliphatic carbocycles. The van der Waals surface area contributed by atoms with E-state index in [4.69, 9.17) is 16.0 Å². The third-order valence-corrected chi connectivity index (χ3v) is 4.74. The highest BCUT2D eigenvalue weighted by Gasteiger charge is 2.13. The van der Waals surface area contributed by atoms with Gasteiger partial charge in [-0.3, -0.25) is 4.79 Å². The molecule has 0 aliphatic rings. The molecule has 1 N–H and O–H groups in total. The van der Waals surface area contributed by atoms with Crippen LogP contribution in [0.25, 0.3) is 17.1 Å². The number of nitrogens with one attached hydrogen (secondary N) is 1. The topological polar surface area (TPSA) is 85.3 Å². The monoisotopic (exact) mass is 385 g/mol. The largest absolute Gasteiger partial charge is 0.463 e. The molecule has 3 aromatic heterocycles. The van der Waals surface area contributed by atoms with Crippen LogP contribution in [0, 0.1) is 0 Å². The lowest BCUT2D eigenvalue weighted by Crippen LogP contribution is -2.14. The third kappa shape index (κ3) is 3.42. The number of amides is 1. The van der Waals surface area contributed by atoms with E-state index in [0.29, 0.717) is 33.0 Å². The molecule has 7 nitrogen and oxygen atoms in total. The molecule has 0 radical (unpaired) electrons. The third-order valence-electron chi connectivity index (χ3n) is 3.49. The van der Waals surface area contributed by atoms with Crippen molar-refractivity contribution in [2.75, 3.05) is 11.1 Å². The van der Waals surface area contributed by atoms with Crippen molar-refractivity contribution in [1.29, 1.82) is 0 Å². The van der Waals surface area contributed by atoms with Gasteiger partial charge in [-0.2, -0.15) is 9.61 Å². The predicted octanol–water partition coefficient (Wildman–Crippen LogP) is 3.77. The quantitative estimate of drug-likeness (QED) is 0.526. The average molecular weight is 386 g/mol. The number of aromatic nitrogens is 4. The van der Waals surface area contributed by atoms with E-state index in [0.717, 1.165) is 0 Å². The number of benzene rings is 1. The molecular weight excluding hydrogens is 374 g/mol. The average Bonchev–Trinajstić information content (AvgIpc) is 3.31. The lowest BCUT2D eigenvalue weighted by molar-refractivity contribution is -0.113. The number of hydrogen-bond acceptors (Lipinski definition) is 6. The van der Waals surface area contributed by atoms with Crippen LogP contribution in [0.3, 0.4) is 0 Å². The fourth-order valence-electron chi connectivity index (χ4n) is 2.29. The van der Waals surface area contributed by atoms with Crippen LogP contribution in [0.1, 0.15) is 0 Å². The molecule has 0 aliphatic heterocycles. The van der Waals surface area contributed by atoms with Gasteiger partial charge in [-0.25, -0.2) is 0 Å². The Balaban J connectivity index is 1.49. The number of thioether (sulfide) groups is 1. The van der Waals surface area contributed by atoms with Gasteiger partial charge in [0.25, 0.3) is 0 Å². The normalized spacial score (nSPS) is 11.0. The summed E-state index contributed by atoms with van der Waals surface area (Å²) in [7, 11) is 0. The highest BCUT2D eigenvalue weighted by molar-refractivity contribution is 7.99. The second kappa shape index (κ2) is 7.19. The molecule has 3 heterocycles. The van der Waals surface area contributed by atoms with Crippen LogP contribution in [0.2, 0.25) is 5.02 Å². The Morgan fingerprint density at radius 2 is 2.04 bits per heavy atom. The predicted molar refractivity (Wildman–Crippen MR) is 99.3 cm³/mol. The molecule has 0 spiro atoms. The lowest BCUT2D eigenvalue weighted by atomic mass is 10.3. The molecule has 0 saturated carbocycles. The van der Waals surface area contributed by atoms with Gasteiger partial charge in [0.15, 0.2) is 11.4 Å². The van der Waals surface area contributed by atoms with Gasteiger partial charge in [0.2, 0.25) is 11.1 Å². The molecule has 9 heteroatoms. The second-order valence-corrected chi connectivity index (χ2v) is 6.61. The smallest absolute Gasteiger partial charge is 0.234 e. The van der Waals surface area contributed by atoms with Gasteiger partial charge in [0.1, 0.15) is 5.69 Å². The number of rotatable bonds is 5. The maximum atomic E-state index is 12.2. The zero-order chi connectivity index (χ0) is 17.9. The Kier molecular flexibility index (Phi) is 4.59. The number of hydrogen-bond donors (Lipinski definition) is 1. The Hall–Kier alpha value is -2.84. The highest BCUT2D eigenvalue weighted by Crippen LogP contribution is 2.23. The van der Waals surface area contributed by atoms with Crippen molar-refractivity contribution in [2.45, 2.75) is 5.16 Å². The van der Waals surface area contributed by atoms with E-state index in [9.17, 15) is 4.79 Å². The van der Waals surface area contributed by atoms with E-state index in [2.05, 4.69) is 20.6 Å². The minimum atomic E-state index is -0.193. The molecule has 0 bridgehead atoms. The van der Waals surface area contributed by atoms with Crippen LogP contribution < -0.4 is 5.32 Å². The molecule has 4 rings (SSSR count). The maximum Gasteiger partial charge on any atom is 0.234 e. The van der Waals surface area contributed by atoms with Gasteiger partial charge in [0.05, 0.1) is 22.7 Å². The van der Waals surface area contributed by atoms with E-state index < -0.39 is 0 Å². The first-order valence-corrected chi connectivity index (χ1v) is 9.00. The Bertz CT molecular complexity index is 1060. The van der Waals surface area contributed by atoms with Gasteiger partial charge in [-0.15, -0.1) is 10.2 Å². The molecule has 0 fully saturated rings. The van der Waals surface area contributed by atoms with Crippen molar-refractivity contribution in [2.24, 2.45) is 0 Å². The van der Waals surface area contributed by atoms with Gasteiger partial charge in [-0.05, 0) is 36.4 Å². The molecule has 0 unspecified atom stereocenters. The first kappa shape index (κ1) is 16.6. The number of anilines is 1. The van der Waals surface area contributed by atoms with Crippen LogP contribution >= 0.6 is 23.4 Å². The van der Waals surface area contributed by atoms with Gasteiger partial charge < -0.3 is 9.73 Å². The summed E-state index contributed by atoms with van der Waals surface area (Å²) in [6.07, 6.45) is 1.59. The summed E-state index contributed by atoms with van der Waals surface area (Å²) in [5.74, 6) is 0.605. The summed E-state index contributed by atoms with van der Waals surface area (Å²) in [5, 5.41) is 16.4. The fraction of sp³-hybridized carbons (Fsp3) is 0.0588. The summed E-state index contributed by atoms with van der Waals surface area (Å²) in [6.45, 7) is 0. The summed E-state index contributed by atoms with van der Waals surface area (Å²) in [4.78, 5) is 12.2. The second-order valence-electron chi connectivity index (χ2n) is 5.27. The molecule has 1 aromatic carbocycles. The van der Waals surface area contributed by atoms with Crippen molar-refractivity contribution in [3.8, 4) is 11.5 Å². The van der Waals surface area contributed by atoms with E-state index in [-0.39, 0.29) is 11.7 Å². The maximum absolute atomic E-state index is 12.2. The molecule has 0 atom stereocenters. The van der Waals surface area contributed by atoms with E-state index in [1.165, 1.54) is 11.8 Å². The van der Waals surface area contributed by atoms with Crippen LogP contribution in [0.4, 0.5) is 5.69 Å². The molecule has 26 heavy (non-hydrogen) atoms. The van der Waals surface area contributed by atoms with Gasteiger partial charge >= 0.3 is 0 Å². The minimum Gasteiger partial charge on any atom is -0.463 e. The number of halogens is 1. The van der Waals surface area contributed by atoms with E-state index in [1.54, 1.807) is 53.2 Å². The molecule has 0 saturated heterocycles. The number of para-hydroxylation sites is 1. The first-order chi connectivity index (χ1) is 12.7. The van der Waals surface area contributed by atoms with Crippen LogP contribution in [-0.2, 0) is 4.79 Å². The van der Waals surface area contributed by atoms with Crippen molar-refractivity contribution in [3.05, 3.63) is 59.8 Å². The fourth-order valence-corrected chi connectivity index (χ4v) is 3.16. The zero-order valence-corrected chi connectivity index (χ0v) is 14.9. The van der Waals surface area contributed by atoms with E-state index >= 15 is 0 Å². The molecular formula is C17H12ClN5O2S. The van der Waals surface area contributed by atoms with Crippen LogP contribution in [0.15, 0.2) is 64.4 Å². The molecule has 1 amide bonds. The number of carbonyl (C=O) groups excluding carboxylic acids is 1. The van der Waals surface area contributed by atoms with E-state index in [1.807, 2.05) is 6.07 Å². The molecule has 130 valence electrons. The summed E-state index contributed by atoms with van der Waals surface area (Å²) >= 11 is 7.28. The molecule has 4 aromatic rings. The van der Waals surface area contributed by atoms with Gasteiger partial charge in [0, 0.05) is 0 Å². The number of fused-ring (bicyclic) bond motifs is 1. The van der Waals surface area contributed by atoms with Crippen molar-refractivity contribution >= 4 is 40.6 Å². The summed E-state index contributed by atoms with van der Waals surface area (Å²) in [6, 6.07) is 14.3. The summed E-state index contributed by atoms with van der Waals surface area (Å²) in [5.41, 5.74) is 1.82. The number of nitrogens with zero attached hydrogens (tertiary/aromatic N) is 4. The Labute approximate surface area is 157 Å². The Morgan fingerprint density at radius 3 is 2.85 bits per heavy atom. The van der Waals surface area contributed by atoms with Gasteiger partial charge in [-0.1, -0.05) is 35.5 Å². The number of furan rings is 1. The SMILES string of the molecule is O=C(CSc1nnc2ccc(-c3ccco3)nn12)Nc1ccccc1Cl. The summed E-state index contributed by atoms with van der Waals surface area (Å²) < 4.78 is 6.95. The Morgan fingerprint density at radius 1 is 1.15 bits per heavy atom. The van der Waals surface area contributed by atoms with Crippen LogP contribution in [-0.4, -0.2) is 31.5 Å². The lowest BCUT2D eigenvalue weighted by Gasteiger charge is -2.06. The number of carbonyl (C=O) groups is 1. The van der Waals surface area contributed by atoms with Crippen molar-refractivity contribution in [1.82, 2.24) is 19.8 Å². The zero-order valence-electron chi connectivity index (χ0n) is 13.3. The van der Waals surface area contributed by atoms with Crippen LogP contribution in [0.5, 0.6) is 0 Å².